The number of amides is 2. The van der Waals surface area contributed by atoms with Crippen molar-refractivity contribution in [2.75, 3.05) is 26.2 Å². The van der Waals surface area contributed by atoms with Gasteiger partial charge in [0.1, 0.15) is 0 Å². The lowest BCUT2D eigenvalue weighted by molar-refractivity contribution is -0.142. The number of aliphatic carboxylic acids is 2. The van der Waals surface area contributed by atoms with Crippen LogP contribution < -0.4 is 0 Å². The Kier molecular flexibility index (Phi) is 20.1. The second-order valence-electron chi connectivity index (χ2n) is 9.08. The first-order chi connectivity index (χ1) is 16.3. The number of unbranched alkanes of at least 4 members (excludes halogenated alkanes) is 10. The van der Waals surface area contributed by atoms with Crippen LogP contribution in [0.3, 0.4) is 0 Å². The van der Waals surface area contributed by atoms with Gasteiger partial charge in [-0.1, -0.05) is 78.1 Å². The Morgan fingerprint density at radius 2 is 0.794 bits per heavy atom. The van der Waals surface area contributed by atoms with Crippen LogP contribution in [0.5, 0.6) is 0 Å². The number of carboxylic acids is 2. The van der Waals surface area contributed by atoms with Gasteiger partial charge in [0.15, 0.2) is 0 Å². The van der Waals surface area contributed by atoms with Crippen molar-refractivity contribution in [3.63, 3.8) is 0 Å². The van der Waals surface area contributed by atoms with E-state index in [1.165, 1.54) is 38.5 Å². The maximum absolute atomic E-state index is 12.7. The molecule has 0 aromatic rings. The maximum atomic E-state index is 12.7. The van der Waals surface area contributed by atoms with Gasteiger partial charge in [0.05, 0.1) is 12.8 Å². The lowest BCUT2D eigenvalue weighted by Crippen LogP contribution is -2.42. The van der Waals surface area contributed by atoms with E-state index in [-0.39, 0.29) is 37.5 Å². The van der Waals surface area contributed by atoms with Crippen LogP contribution in [0.25, 0.3) is 0 Å². The maximum Gasteiger partial charge on any atom is 0.303 e. The Morgan fingerprint density at radius 3 is 1.12 bits per heavy atom. The van der Waals surface area contributed by atoms with Crippen LogP contribution in [0.4, 0.5) is 0 Å². The summed E-state index contributed by atoms with van der Waals surface area (Å²) in [5.74, 6) is -2.40. The molecule has 0 heterocycles. The molecule has 0 spiro atoms. The highest BCUT2D eigenvalue weighted by molar-refractivity contribution is 5.81. The lowest BCUT2D eigenvalue weighted by Gasteiger charge is -2.28. The van der Waals surface area contributed by atoms with E-state index >= 15 is 0 Å². The molecule has 0 aromatic carbocycles. The van der Waals surface area contributed by atoms with E-state index in [0.29, 0.717) is 26.2 Å². The Labute approximate surface area is 206 Å². The smallest absolute Gasteiger partial charge is 0.303 e. The molecule has 198 valence electrons. The minimum Gasteiger partial charge on any atom is -0.481 e. The van der Waals surface area contributed by atoms with Gasteiger partial charge >= 0.3 is 11.9 Å². The normalized spacial score (nSPS) is 10.8. The molecule has 0 rings (SSSR count). The van der Waals surface area contributed by atoms with Crippen molar-refractivity contribution < 1.29 is 29.4 Å². The van der Waals surface area contributed by atoms with Crippen molar-refractivity contribution in [1.82, 2.24) is 9.80 Å². The third-order valence-corrected chi connectivity index (χ3v) is 6.01. The summed E-state index contributed by atoms with van der Waals surface area (Å²) < 4.78 is 0. The number of carbonyl (C=O) groups is 4. The molecule has 0 aromatic heterocycles. The van der Waals surface area contributed by atoms with Crippen LogP contribution >= 0.6 is 0 Å². The summed E-state index contributed by atoms with van der Waals surface area (Å²) in [4.78, 5) is 50.5. The van der Waals surface area contributed by atoms with E-state index in [4.69, 9.17) is 10.2 Å². The fraction of sp³-hybridized carbons (Fsp3) is 0.846. The van der Waals surface area contributed by atoms with E-state index < -0.39 is 11.9 Å². The molecular formula is C26H48N2O6. The van der Waals surface area contributed by atoms with Gasteiger partial charge in [-0.05, 0) is 12.8 Å². The zero-order valence-corrected chi connectivity index (χ0v) is 21.6. The molecule has 0 saturated heterocycles. The average molecular weight is 485 g/mol. The number of nitrogens with zero attached hydrogens (tertiary/aromatic N) is 2. The van der Waals surface area contributed by atoms with E-state index in [2.05, 4.69) is 13.8 Å². The van der Waals surface area contributed by atoms with Gasteiger partial charge < -0.3 is 20.0 Å². The minimum absolute atomic E-state index is 0.0461. The summed E-state index contributed by atoms with van der Waals surface area (Å²) in [5.41, 5.74) is 0. The first-order valence-electron chi connectivity index (χ1n) is 13.3. The van der Waals surface area contributed by atoms with Gasteiger partial charge in [0.2, 0.25) is 11.8 Å². The number of rotatable bonds is 23. The molecular weight excluding hydrogens is 436 g/mol. The predicted octanol–water partition coefficient (Wildman–Crippen LogP) is 5.09. The molecule has 0 aliphatic rings. The van der Waals surface area contributed by atoms with E-state index in [9.17, 15) is 19.2 Å². The van der Waals surface area contributed by atoms with Crippen molar-refractivity contribution in [2.45, 2.75) is 117 Å². The summed E-state index contributed by atoms with van der Waals surface area (Å²) in [6.45, 7) is 6.14. The molecule has 8 heteroatoms. The molecule has 0 aliphatic heterocycles. The molecule has 0 fully saturated rings. The van der Waals surface area contributed by atoms with E-state index in [1.807, 2.05) is 0 Å². The van der Waals surface area contributed by atoms with Gasteiger partial charge in [0, 0.05) is 39.0 Å². The number of carbonyl (C=O) groups excluding carboxylic acids is 2. The van der Waals surface area contributed by atoms with Gasteiger partial charge in [0.25, 0.3) is 0 Å². The van der Waals surface area contributed by atoms with Crippen LogP contribution in [-0.2, 0) is 19.2 Å². The second-order valence-corrected chi connectivity index (χ2v) is 9.08. The van der Waals surface area contributed by atoms with Crippen LogP contribution in [0.15, 0.2) is 0 Å². The summed E-state index contributed by atoms with van der Waals surface area (Å²) in [6, 6.07) is 0. The van der Waals surface area contributed by atoms with Crippen molar-refractivity contribution in [2.24, 2.45) is 0 Å². The SMILES string of the molecule is CCCCCCCCN(CCN(CCCCCCCC)C(=O)CCC(=O)O)C(=O)CCC(=O)O. The van der Waals surface area contributed by atoms with Crippen LogP contribution in [0, 0.1) is 0 Å². The Bertz CT molecular complexity index is 532. The molecule has 0 unspecified atom stereocenters. The highest BCUT2D eigenvalue weighted by Gasteiger charge is 2.19. The highest BCUT2D eigenvalue weighted by atomic mass is 16.4. The van der Waals surface area contributed by atoms with Crippen LogP contribution in [0.2, 0.25) is 0 Å². The van der Waals surface area contributed by atoms with Gasteiger partial charge in [-0.25, -0.2) is 0 Å². The number of carboxylic acid groups (broad SMARTS) is 2. The van der Waals surface area contributed by atoms with Gasteiger partial charge in [-0.3, -0.25) is 19.2 Å². The fourth-order valence-corrected chi connectivity index (χ4v) is 3.87. The Morgan fingerprint density at radius 1 is 0.471 bits per heavy atom. The molecule has 8 nitrogen and oxygen atoms in total. The first-order valence-corrected chi connectivity index (χ1v) is 13.3. The van der Waals surface area contributed by atoms with Crippen molar-refractivity contribution in [3.8, 4) is 0 Å². The minimum atomic E-state index is -0.999. The summed E-state index contributed by atoms with van der Waals surface area (Å²) >= 11 is 0. The first kappa shape index (κ1) is 31.9. The highest BCUT2D eigenvalue weighted by Crippen LogP contribution is 2.10. The third-order valence-electron chi connectivity index (χ3n) is 6.01. The lowest BCUT2D eigenvalue weighted by atomic mass is 10.1. The fourth-order valence-electron chi connectivity index (χ4n) is 3.87. The van der Waals surface area contributed by atoms with Crippen molar-refractivity contribution >= 4 is 23.8 Å². The Balaban J connectivity index is 4.89. The van der Waals surface area contributed by atoms with Crippen molar-refractivity contribution in [1.29, 1.82) is 0 Å². The molecule has 0 bridgehead atoms. The molecule has 0 saturated carbocycles. The van der Waals surface area contributed by atoms with Crippen LogP contribution in [0.1, 0.15) is 117 Å². The Hall–Kier alpha value is -2.12. The second kappa shape index (κ2) is 21.4. The zero-order chi connectivity index (χ0) is 25.6. The topological polar surface area (TPSA) is 115 Å². The quantitative estimate of drug-likeness (QED) is 0.195. The molecule has 2 amide bonds. The summed E-state index contributed by atoms with van der Waals surface area (Å²) in [6.07, 6.45) is 12.6. The van der Waals surface area contributed by atoms with Gasteiger partial charge in [-0.2, -0.15) is 0 Å². The van der Waals surface area contributed by atoms with E-state index in [0.717, 1.165) is 38.5 Å². The standard InChI is InChI=1S/C26H48N2O6/c1-3-5-7-9-11-13-19-27(23(29)15-17-25(31)32)21-22-28(24(30)16-18-26(33)34)20-14-12-10-8-6-4-2/h3-22H2,1-2H3,(H,31,32)(H,33,34). The molecule has 0 radical (unpaired) electrons. The molecule has 0 atom stereocenters. The predicted molar refractivity (Wildman–Crippen MR) is 134 cm³/mol. The zero-order valence-electron chi connectivity index (χ0n) is 21.6. The number of hydrogen-bond donors (Lipinski definition) is 2. The monoisotopic (exact) mass is 484 g/mol. The van der Waals surface area contributed by atoms with Crippen LogP contribution in [-0.4, -0.2) is 69.9 Å². The molecule has 34 heavy (non-hydrogen) atoms. The number of hydrogen-bond acceptors (Lipinski definition) is 4. The third kappa shape index (κ3) is 18.3. The van der Waals surface area contributed by atoms with E-state index in [1.54, 1.807) is 9.80 Å². The van der Waals surface area contributed by atoms with Gasteiger partial charge in [-0.15, -0.1) is 0 Å². The largest absolute Gasteiger partial charge is 0.481 e. The average Bonchev–Trinajstić information content (AvgIpc) is 2.80. The molecule has 2 N–H and O–H groups in total. The summed E-state index contributed by atoms with van der Waals surface area (Å²) in [5, 5.41) is 17.9. The molecule has 0 aliphatic carbocycles. The van der Waals surface area contributed by atoms with Crippen molar-refractivity contribution in [3.05, 3.63) is 0 Å². The summed E-state index contributed by atoms with van der Waals surface area (Å²) in [7, 11) is 0.